The van der Waals surface area contributed by atoms with Crippen molar-refractivity contribution < 1.29 is 9.21 Å². The Hall–Kier alpha value is -1.74. The number of hydrogen-bond donors (Lipinski definition) is 2. The summed E-state index contributed by atoms with van der Waals surface area (Å²) in [5, 5.41) is 6.96. The largest absolute Gasteiger partial charge is 0.464 e. The van der Waals surface area contributed by atoms with E-state index in [1.165, 1.54) is 11.8 Å². The van der Waals surface area contributed by atoms with Gasteiger partial charge in [-0.3, -0.25) is 4.79 Å². The summed E-state index contributed by atoms with van der Waals surface area (Å²) < 4.78 is 5.76. The van der Waals surface area contributed by atoms with Crippen molar-refractivity contribution in [3.63, 3.8) is 0 Å². The molecular formula is C19H22IN3O2S. The highest BCUT2D eigenvalue weighted by Gasteiger charge is 2.31. The Kier molecular flexibility index (Phi) is 6.94. The highest BCUT2D eigenvalue weighted by atomic mass is 127. The normalized spacial score (nSPS) is 16.5. The first-order valence-electron chi connectivity index (χ1n) is 8.02. The Morgan fingerprint density at radius 3 is 2.54 bits per heavy atom. The molecule has 0 saturated heterocycles. The molecule has 0 bridgehead atoms. The number of aliphatic imine (C=N–C) groups is 1. The molecule has 2 heterocycles. The van der Waals surface area contributed by atoms with E-state index in [0.717, 1.165) is 27.9 Å². The Morgan fingerprint density at radius 1 is 1.19 bits per heavy atom. The number of aryl methyl sites for hydroxylation is 2. The average molecular weight is 483 g/mol. The summed E-state index contributed by atoms with van der Waals surface area (Å²) in [6.45, 7) is 5.74. The van der Waals surface area contributed by atoms with Crippen LogP contribution in [0.5, 0.6) is 0 Å². The van der Waals surface area contributed by atoms with Gasteiger partial charge in [-0.2, -0.15) is 0 Å². The molecule has 1 aliphatic heterocycles. The lowest BCUT2D eigenvalue weighted by atomic mass is 10.0. The highest BCUT2D eigenvalue weighted by molar-refractivity contribution is 14.0. The second-order valence-electron chi connectivity index (χ2n) is 5.92. The van der Waals surface area contributed by atoms with Crippen LogP contribution < -0.4 is 10.6 Å². The standard InChI is InChI=1S/C19H21N3O2S.HI/c1-11-7-5-6-8-14(11)21-18(23)16-13(3)20-19(25-4)22-17(16)15-10-9-12(2)24-15;/h5-10,17H,1-4H3,(H,20,22)(H,21,23);1H. The van der Waals surface area contributed by atoms with E-state index in [0.29, 0.717) is 11.3 Å². The quantitative estimate of drug-likeness (QED) is 0.617. The zero-order chi connectivity index (χ0) is 18.0. The Bertz CT molecular complexity index is 873. The van der Waals surface area contributed by atoms with Gasteiger partial charge in [0.05, 0.1) is 5.57 Å². The van der Waals surface area contributed by atoms with Crippen molar-refractivity contribution >= 4 is 52.5 Å². The molecule has 26 heavy (non-hydrogen) atoms. The second-order valence-corrected chi connectivity index (χ2v) is 6.72. The molecule has 0 spiro atoms. The molecule has 3 rings (SSSR count). The van der Waals surface area contributed by atoms with Crippen molar-refractivity contribution in [2.24, 2.45) is 4.99 Å². The summed E-state index contributed by atoms with van der Waals surface area (Å²) in [4.78, 5) is 17.6. The van der Waals surface area contributed by atoms with Gasteiger partial charge in [0, 0.05) is 11.4 Å². The zero-order valence-corrected chi connectivity index (χ0v) is 18.3. The molecule has 0 radical (unpaired) electrons. The smallest absolute Gasteiger partial charge is 0.256 e. The van der Waals surface area contributed by atoms with Crippen LogP contribution in [-0.2, 0) is 4.79 Å². The van der Waals surface area contributed by atoms with Gasteiger partial charge in [-0.25, -0.2) is 4.99 Å². The van der Waals surface area contributed by atoms with E-state index in [1.54, 1.807) is 0 Å². The lowest BCUT2D eigenvalue weighted by Gasteiger charge is -2.24. The van der Waals surface area contributed by atoms with Gasteiger partial charge < -0.3 is 15.1 Å². The molecule has 1 atom stereocenters. The minimum absolute atomic E-state index is 0. The van der Waals surface area contributed by atoms with Gasteiger partial charge in [0.15, 0.2) is 5.17 Å². The minimum atomic E-state index is -0.457. The molecule has 1 aliphatic rings. The molecule has 2 N–H and O–H groups in total. The topological polar surface area (TPSA) is 66.6 Å². The average Bonchev–Trinajstić information content (AvgIpc) is 3.02. The van der Waals surface area contributed by atoms with Crippen LogP contribution in [0.4, 0.5) is 5.69 Å². The Balaban J connectivity index is 0.00000243. The molecule has 1 unspecified atom stereocenters. The molecule has 1 amide bonds. The van der Waals surface area contributed by atoms with Gasteiger partial charge >= 0.3 is 0 Å². The predicted octanol–water partition coefficient (Wildman–Crippen LogP) is 4.79. The number of furan rings is 1. The monoisotopic (exact) mass is 483 g/mol. The Labute approximate surface area is 174 Å². The maximum absolute atomic E-state index is 13.0. The molecule has 0 saturated carbocycles. The summed E-state index contributed by atoms with van der Waals surface area (Å²) in [5.74, 6) is 1.29. The number of carbonyl (C=O) groups excluding carboxylic acids is 1. The number of benzene rings is 1. The lowest BCUT2D eigenvalue weighted by Crippen LogP contribution is -2.31. The van der Waals surface area contributed by atoms with Gasteiger partial charge in [0.25, 0.3) is 5.91 Å². The van der Waals surface area contributed by atoms with Crippen LogP contribution in [0.25, 0.3) is 0 Å². The first kappa shape index (κ1) is 20.6. The van der Waals surface area contributed by atoms with Crippen LogP contribution in [0.1, 0.15) is 30.0 Å². The van der Waals surface area contributed by atoms with Crippen molar-refractivity contribution in [3.05, 3.63) is 64.8 Å². The number of hydrogen-bond acceptors (Lipinski definition) is 5. The number of anilines is 1. The van der Waals surface area contributed by atoms with Crippen LogP contribution >= 0.6 is 35.7 Å². The van der Waals surface area contributed by atoms with Crippen LogP contribution in [-0.4, -0.2) is 17.3 Å². The second kappa shape index (κ2) is 8.77. The number of thioether (sulfide) groups is 1. The Morgan fingerprint density at radius 2 is 1.92 bits per heavy atom. The molecule has 5 nitrogen and oxygen atoms in total. The summed E-state index contributed by atoms with van der Waals surface area (Å²) in [5.41, 5.74) is 3.15. The van der Waals surface area contributed by atoms with Crippen molar-refractivity contribution in [2.75, 3.05) is 11.6 Å². The van der Waals surface area contributed by atoms with E-state index in [2.05, 4.69) is 15.6 Å². The zero-order valence-electron chi connectivity index (χ0n) is 15.1. The summed E-state index contributed by atoms with van der Waals surface area (Å²) >= 11 is 1.51. The predicted molar refractivity (Wildman–Crippen MR) is 118 cm³/mol. The number of amidine groups is 1. The van der Waals surface area contributed by atoms with Crippen LogP contribution in [0.2, 0.25) is 0 Å². The molecule has 2 aromatic rings. The van der Waals surface area contributed by atoms with Gasteiger partial charge in [-0.05, 0) is 50.8 Å². The maximum Gasteiger partial charge on any atom is 0.256 e. The number of nitrogens with zero attached hydrogens (tertiary/aromatic N) is 1. The molecule has 0 aliphatic carbocycles. The number of rotatable bonds is 3. The summed E-state index contributed by atoms with van der Waals surface area (Å²) in [6.07, 6.45) is 1.95. The number of amides is 1. The number of nitrogens with one attached hydrogen (secondary N) is 2. The lowest BCUT2D eigenvalue weighted by molar-refractivity contribution is -0.113. The van der Waals surface area contributed by atoms with Crippen molar-refractivity contribution in [2.45, 2.75) is 26.8 Å². The fourth-order valence-electron chi connectivity index (χ4n) is 2.75. The molecule has 7 heteroatoms. The van der Waals surface area contributed by atoms with Crippen molar-refractivity contribution in [3.8, 4) is 0 Å². The molecule has 138 valence electrons. The molecular weight excluding hydrogens is 461 g/mol. The summed E-state index contributed by atoms with van der Waals surface area (Å²) in [6, 6.07) is 11.0. The first-order chi connectivity index (χ1) is 12.0. The molecule has 0 fully saturated rings. The highest BCUT2D eigenvalue weighted by Crippen LogP contribution is 2.33. The van der Waals surface area contributed by atoms with Crippen molar-refractivity contribution in [1.82, 2.24) is 5.32 Å². The van der Waals surface area contributed by atoms with Crippen LogP contribution in [0.3, 0.4) is 0 Å². The number of allylic oxidation sites excluding steroid dienone is 1. The summed E-state index contributed by atoms with van der Waals surface area (Å²) in [7, 11) is 0. The van der Waals surface area contributed by atoms with Crippen LogP contribution in [0, 0.1) is 13.8 Å². The fourth-order valence-corrected chi connectivity index (χ4v) is 3.22. The third kappa shape index (κ3) is 4.32. The van der Waals surface area contributed by atoms with Gasteiger partial charge in [-0.15, -0.1) is 24.0 Å². The van der Waals surface area contributed by atoms with E-state index >= 15 is 0 Å². The third-order valence-electron chi connectivity index (χ3n) is 4.08. The van der Waals surface area contributed by atoms with E-state index in [4.69, 9.17) is 4.42 Å². The van der Waals surface area contributed by atoms with E-state index in [-0.39, 0.29) is 29.9 Å². The number of carbonyl (C=O) groups is 1. The van der Waals surface area contributed by atoms with Gasteiger partial charge in [0.2, 0.25) is 0 Å². The van der Waals surface area contributed by atoms with Crippen LogP contribution in [0.15, 0.2) is 57.1 Å². The number of para-hydroxylation sites is 1. The van der Waals surface area contributed by atoms with Gasteiger partial charge in [-0.1, -0.05) is 30.0 Å². The SMILES string of the molecule is CSC1=NC(c2ccc(C)o2)C(C(=O)Nc2ccccc2C)=C(C)N1.I. The molecule has 1 aromatic carbocycles. The van der Waals surface area contributed by atoms with Gasteiger partial charge in [0.1, 0.15) is 17.6 Å². The van der Waals surface area contributed by atoms with E-state index in [1.807, 2.05) is 63.4 Å². The molecule has 1 aromatic heterocycles. The third-order valence-corrected chi connectivity index (χ3v) is 4.67. The van der Waals surface area contributed by atoms with Crippen molar-refractivity contribution in [1.29, 1.82) is 0 Å². The maximum atomic E-state index is 13.0. The first-order valence-corrected chi connectivity index (χ1v) is 9.25. The van der Waals surface area contributed by atoms with E-state index in [9.17, 15) is 4.79 Å². The fraction of sp³-hybridized carbons (Fsp3) is 0.263. The number of halogens is 1. The minimum Gasteiger partial charge on any atom is -0.464 e. The van der Waals surface area contributed by atoms with E-state index < -0.39 is 6.04 Å².